The highest BCUT2D eigenvalue weighted by Gasteiger charge is 2.17. The summed E-state index contributed by atoms with van der Waals surface area (Å²) in [4.78, 5) is 11.9. The first kappa shape index (κ1) is 22.5. The molecule has 0 saturated carbocycles. The van der Waals surface area contributed by atoms with E-state index >= 15 is 0 Å². The van der Waals surface area contributed by atoms with Crippen molar-refractivity contribution in [3.8, 4) is 0 Å². The second-order valence-electron chi connectivity index (χ2n) is 7.80. The molecule has 0 aromatic carbocycles. The quantitative estimate of drug-likeness (QED) is 0.232. The predicted octanol–water partition coefficient (Wildman–Crippen LogP) is 6.58. The zero-order chi connectivity index (χ0) is 18.2. The fourth-order valence-electron chi connectivity index (χ4n) is 3.57. The lowest BCUT2D eigenvalue weighted by molar-refractivity contribution is -0.148. The summed E-state index contributed by atoms with van der Waals surface area (Å²) in [6, 6.07) is 0. The van der Waals surface area contributed by atoms with E-state index < -0.39 is 0 Å². The molecule has 0 unspecified atom stereocenters. The van der Waals surface area contributed by atoms with Gasteiger partial charge in [-0.05, 0) is 39.0 Å². The van der Waals surface area contributed by atoms with Crippen molar-refractivity contribution in [2.45, 2.75) is 129 Å². The van der Waals surface area contributed by atoms with Gasteiger partial charge < -0.3 is 9.47 Å². The Balaban J connectivity index is 1.83. The second-order valence-corrected chi connectivity index (χ2v) is 7.80. The summed E-state index contributed by atoms with van der Waals surface area (Å²) in [6.07, 6.45) is 19.7. The molecule has 0 aromatic rings. The molecule has 0 bridgehead atoms. The summed E-state index contributed by atoms with van der Waals surface area (Å²) in [7, 11) is 0. The van der Waals surface area contributed by atoms with E-state index in [0.717, 1.165) is 32.3 Å². The van der Waals surface area contributed by atoms with Crippen molar-refractivity contribution in [3.63, 3.8) is 0 Å². The lowest BCUT2D eigenvalue weighted by Crippen LogP contribution is -2.17. The largest absolute Gasteiger partial charge is 0.463 e. The molecule has 1 heterocycles. The van der Waals surface area contributed by atoms with Crippen LogP contribution in [-0.2, 0) is 14.3 Å². The Morgan fingerprint density at radius 3 is 2.16 bits per heavy atom. The van der Waals surface area contributed by atoms with Gasteiger partial charge in [0, 0.05) is 13.0 Å². The summed E-state index contributed by atoms with van der Waals surface area (Å²) in [5.74, 6) is -0.0178. The number of ether oxygens (including phenoxy) is 2. The third kappa shape index (κ3) is 13.3. The minimum Gasteiger partial charge on any atom is -0.463 e. The molecule has 3 nitrogen and oxygen atoms in total. The van der Waals surface area contributed by atoms with E-state index in [9.17, 15) is 4.79 Å². The van der Waals surface area contributed by atoms with E-state index in [4.69, 9.17) is 9.47 Å². The summed E-state index contributed by atoms with van der Waals surface area (Å²) in [5.41, 5.74) is 0. The lowest BCUT2D eigenvalue weighted by atomic mass is 10.1. The molecule has 0 aliphatic carbocycles. The SMILES string of the molecule is CCCCCCCCCCCCCC(=O)O[C@H](C)CC[C@H]1CCCO1. The smallest absolute Gasteiger partial charge is 0.306 e. The van der Waals surface area contributed by atoms with E-state index in [1.165, 1.54) is 70.6 Å². The molecule has 3 heteroatoms. The predicted molar refractivity (Wildman–Crippen MR) is 105 cm³/mol. The number of esters is 1. The normalized spacial score (nSPS) is 18.4. The van der Waals surface area contributed by atoms with Gasteiger partial charge in [0.2, 0.25) is 0 Å². The molecular formula is C22H42O3. The number of carbonyl (C=O) groups is 1. The van der Waals surface area contributed by atoms with Crippen LogP contribution in [0.4, 0.5) is 0 Å². The number of hydrogen-bond acceptors (Lipinski definition) is 3. The summed E-state index contributed by atoms with van der Waals surface area (Å²) < 4.78 is 11.1. The Bertz CT molecular complexity index is 310. The molecule has 0 radical (unpaired) electrons. The molecule has 1 saturated heterocycles. The zero-order valence-corrected chi connectivity index (χ0v) is 16.9. The first-order valence-corrected chi connectivity index (χ1v) is 11.0. The van der Waals surface area contributed by atoms with Crippen LogP contribution < -0.4 is 0 Å². The maximum atomic E-state index is 11.9. The Morgan fingerprint density at radius 1 is 1.00 bits per heavy atom. The van der Waals surface area contributed by atoms with Crippen molar-refractivity contribution in [2.75, 3.05) is 6.61 Å². The van der Waals surface area contributed by atoms with E-state index in [0.29, 0.717) is 12.5 Å². The molecular weight excluding hydrogens is 312 g/mol. The van der Waals surface area contributed by atoms with Crippen molar-refractivity contribution in [2.24, 2.45) is 0 Å². The summed E-state index contributed by atoms with van der Waals surface area (Å²) >= 11 is 0. The third-order valence-corrected chi connectivity index (χ3v) is 5.24. The van der Waals surface area contributed by atoms with Gasteiger partial charge >= 0.3 is 5.97 Å². The molecule has 0 amide bonds. The average Bonchev–Trinajstić information content (AvgIpc) is 3.11. The Kier molecular flexibility index (Phi) is 14.1. The molecule has 25 heavy (non-hydrogen) atoms. The molecule has 1 fully saturated rings. The van der Waals surface area contributed by atoms with Gasteiger partial charge in [0.15, 0.2) is 0 Å². The molecule has 1 aliphatic rings. The van der Waals surface area contributed by atoms with Crippen LogP contribution in [0.2, 0.25) is 0 Å². The number of unbranched alkanes of at least 4 members (excludes halogenated alkanes) is 10. The minimum absolute atomic E-state index is 0.0178. The van der Waals surface area contributed by atoms with E-state index in [2.05, 4.69) is 6.92 Å². The van der Waals surface area contributed by atoms with Crippen LogP contribution in [0.3, 0.4) is 0 Å². The first-order valence-electron chi connectivity index (χ1n) is 11.0. The number of carbonyl (C=O) groups excluding carboxylic acids is 1. The summed E-state index contributed by atoms with van der Waals surface area (Å²) in [6.45, 7) is 5.17. The van der Waals surface area contributed by atoms with E-state index in [1.807, 2.05) is 6.92 Å². The van der Waals surface area contributed by atoms with Gasteiger partial charge in [-0.3, -0.25) is 4.79 Å². The Morgan fingerprint density at radius 2 is 1.60 bits per heavy atom. The topological polar surface area (TPSA) is 35.5 Å². The molecule has 1 aliphatic heterocycles. The van der Waals surface area contributed by atoms with Crippen molar-refractivity contribution in [3.05, 3.63) is 0 Å². The molecule has 148 valence electrons. The van der Waals surface area contributed by atoms with Crippen molar-refractivity contribution in [1.82, 2.24) is 0 Å². The van der Waals surface area contributed by atoms with Gasteiger partial charge in [0.05, 0.1) is 12.2 Å². The van der Waals surface area contributed by atoms with Gasteiger partial charge in [0.25, 0.3) is 0 Å². The zero-order valence-electron chi connectivity index (χ0n) is 16.9. The molecule has 2 atom stereocenters. The molecule has 0 spiro atoms. The fourth-order valence-corrected chi connectivity index (χ4v) is 3.57. The van der Waals surface area contributed by atoms with Crippen LogP contribution in [0.5, 0.6) is 0 Å². The van der Waals surface area contributed by atoms with Gasteiger partial charge in [0.1, 0.15) is 0 Å². The second kappa shape index (κ2) is 15.7. The van der Waals surface area contributed by atoms with Gasteiger partial charge in [-0.1, -0.05) is 71.1 Å². The summed E-state index contributed by atoms with van der Waals surface area (Å²) in [5, 5.41) is 0. The fraction of sp³-hybridized carbons (Fsp3) is 0.955. The minimum atomic E-state index is -0.0178. The highest BCUT2D eigenvalue weighted by Crippen LogP contribution is 2.19. The third-order valence-electron chi connectivity index (χ3n) is 5.24. The van der Waals surface area contributed by atoms with Crippen LogP contribution in [-0.4, -0.2) is 24.8 Å². The van der Waals surface area contributed by atoms with Crippen LogP contribution in [0.25, 0.3) is 0 Å². The monoisotopic (exact) mass is 354 g/mol. The maximum absolute atomic E-state index is 11.9. The van der Waals surface area contributed by atoms with Crippen molar-refractivity contribution < 1.29 is 14.3 Å². The van der Waals surface area contributed by atoms with Crippen LogP contribution in [0.1, 0.15) is 117 Å². The number of rotatable bonds is 16. The van der Waals surface area contributed by atoms with Gasteiger partial charge in [-0.25, -0.2) is 0 Å². The van der Waals surface area contributed by atoms with Crippen LogP contribution in [0, 0.1) is 0 Å². The standard InChI is InChI=1S/C22H42O3/c1-3-4-5-6-7-8-9-10-11-12-13-16-22(23)25-20(2)17-18-21-15-14-19-24-21/h20-21H,3-19H2,1-2H3/t20-,21-/m1/s1. The Labute approximate surface area is 156 Å². The van der Waals surface area contributed by atoms with Crippen LogP contribution in [0.15, 0.2) is 0 Å². The average molecular weight is 355 g/mol. The Hall–Kier alpha value is -0.570. The van der Waals surface area contributed by atoms with Gasteiger partial charge in [-0.15, -0.1) is 0 Å². The molecule has 0 N–H and O–H groups in total. The van der Waals surface area contributed by atoms with Crippen LogP contribution >= 0.6 is 0 Å². The first-order chi connectivity index (χ1) is 12.2. The highest BCUT2D eigenvalue weighted by molar-refractivity contribution is 5.69. The molecule has 0 aromatic heterocycles. The molecule has 1 rings (SSSR count). The van der Waals surface area contributed by atoms with Crippen molar-refractivity contribution in [1.29, 1.82) is 0 Å². The van der Waals surface area contributed by atoms with E-state index in [1.54, 1.807) is 0 Å². The number of hydrogen-bond donors (Lipinski definition) is 0. The van der Waals surface area contributed by atoms with Crippen molar-refractivity contribution >= 4 is 5.97 Å². The lowest BCUT2D eigenvalue weighted by Gasteiger charge is -2.15. The van der Waals surface area contributed by atoms with E-state index in [-0.39, 0.29) is 12.1 Å². The highest BCUT2D eigenvalue weighted by atomic mass is 16.5. The maximum Gasteiger partial charge on any atom is 0.306 e. The van der Waals surface area contributed by atoms with Gasteiger partial charge in [-0.2, -0.15) is 0 Å².